The maximum absolute atomic E-state index is 8.78. The molecule has 5 heteroatoms. The van der Waals surface area contributed by atoms with E-state index in [1.165, 1.54) is 0 Å². The summed E-state index contributed by atoms with van der Waals surface area (Å²) in [6.45, 7) is 4.43. The molecule has 0 saturated heterocycles. The summed E-state index contributed by atoms with van der Waals surface area (Å²) >= 11 is 5.83. The second-order valence-corrected chi connectivity index (χ2v) is 4.45. The molecule has 96 valence electrons. The van der Waals surface area contributed by atoms with E-state index in [2.05, 4.69) is 5.10 Å². The minimum absolute atomic E-state index is 0.183. The molecule has 0 spiro atoms. The SMILES string of the molecule is CC(C)=CCN(N=C(C#N)C#N)c1ccc(Cl)cc1. The lowest BCUT2D eigenvalue weighted by atomic mass is 10.3. The lowest BCUT2D eigenvalue weighted by molar-refractivity contribution is 0.937. The van der Waals surface area contributed by atoms with Crippen LogP contribution in [0.2, 0.25) is 5.02 Å². The average molecular weight is 273 g/mol. The first-order valence-electron chi connectivity index (χ1n) is 5.62. The Bertz CT molecular complexity index is 553. The molecule has 0 aliphatic heterocycles. The van der Waals surface area contributed by atoms with E-state index in [1.54, 1.807) is 41.4 Å². The zero-order valence-corrected chi connectivity index (χ0v) is 11.5. The van der Waals surface area contributed by atoms with Crippen LogP contribution in [-0.2, 0) is 0 Å². The van der Waals surface area contributed by atoms with Gasteiger partial charge in [-0.25, -0.2) is 0 Å². The van der Waals surface area contributed by atoms with Crippen LogP contribution in [-0.4, -0.2) is 12.3 Å². The van der Waals surface area contributed by atoms with Gasteiger partial charge in [0.2, 0.25) is 5.71 Å². The van der Waals surface area contributed by atoms with Crippen molar-refractivity contribution in [3.05, 3.63) is 40.9 Å². The van der Waals surface area contributed by atoms with Crippen molar-refractivity contribution in [2.75, 3.05) is 11.6 Å². The molecule has 1 rings (SSSR count). The highest BCUT2D eigenvalue weighted by atomic mass is 35.5. The van der Waals surface area contributed by atoms with Crippen molar-refractivity contribution in [3.8, 4) is 12.1 Å². The number of nitrogens with zero attached hydrogens (tertiary/aromatic N) is 4. The van der Waals surface area contributed by atoms with Crippen LogP contribution in [0.1, 0.15) is 13.8 Å². The van der Waals surface area contributed by atoms with Crippen LogP contribution in [0.5, 0.6) is 0 Å². The number of hydrogen-bond donors (Lipinski definition) is 0. The molecule has 0 aliphatic carbocycles. The van der Waals surface area contributed by atoms with Crippen LogP contribution < -0.4 is 5.01 Å². The summed E-state index contributed by atoms with van der Waals surface area (Å²) in [7, 11) is 0. The quantitative estimate of drug-likeness (QED) is 0.479. The van der Waals surface area contributed by atoms with Crippen molar-refractivity contribution in [3.63, 3.8) is 0 Å². The molecule has 0 heterocycles. The van der Waals surface area contributed by atoms with Gasteiger partial charge >= 0.3 is 0 Å². The summed E-state index contributed by atoms with van der Waals surface area (Å²) in [5.41, 5.74) is 1.71. The van der Waals surface area contributed by atoms with Gasteiger partial charge in [-0.15, -0.1) is 5.10 Å². The molecule has 0 aliphatic rings. The zero-order chi connectivity index (χ0) is 14.3. The summed E-state index contributed by atoms with van der Waals surface area (Å²) in [5.74, 6) is 0. The fourth-order valence-electron chi connectivity index (χ4n) is 1.28. The zero-order valence-electron chi connectivity index (χ0n) is 10.8. The Morgan fingerprint density at radius 1 is 1.26 bits per heavy atom. The molecule has 0 unspecified atom stereocenters. The molecule has 0 bridgehead atoms. The fourth-order valence-corrected chi connectivity index (χ4v) is 1.40. The van der Waals surface area contributed by atoms with Crippen molar-refractivity contribution >= 4 is 23.0 Å². The van der Waals surface area contributed by atoms with Crippen LogP contribution in [0, 0.1) is 22.7 Å². The molecule has 0 saturated carbocycles. The Morgan fingerprint density at radius 3 is 2.32 bits per heavy atom. The van der Waals surface area contributed by atoms with Crippen LogP contribution in [0.4, 0.5) is 5.69 Å². The van der Waals surface area contributed by atoms with Crippen LogP contribution in [0.3, 0.4) is 0 Å². The van der Waals surface area contributed by atoms with Gasteiger partial charge in [0, 0.05) is 5.02 Å². The van der Waals surface area contributed by atoms with E-state index in [0.717, 1.165) is 11.3 Å². The molecule has 19 heavy (non-hydrogen) atoms. The van der Waals surface area contributed by atoms with Crippen molar-refractivity contribution in [1.29, 1.82) is 10.5 Å². The van der Waals surface area contributed by atoms with Gasteiger partial charge in [-0.2, -0.15) is 10.5 Å². The molecule has 4 nitrogen and oxygen atoms in total. The Labute approximate surface area is 117 Å². The summed E-state index contributed by atoms with van der Waals surface area (Å²) < 4.78 is 0. The van der Waals surface area contributed by atoms with E-state index in [-0.39, 0.29) is 5.71 Å². The number of hydrogen-bond acceptors (Lipinski definition) is 4. The molecular formula is C14H13ClN4. The molecule has 0 amide bonds. The van der Waals surface area contributed by atoms with Gasteiger partial charge in [-0.3, -0.25) is 5.01 Å². The van der Waals surface area contributed by atoms with Crippen LogP contribution >= 0.6 is 11.6 Å². The van der Waals surface area contributed by atoms with Crippen molar-refractivity contribution < 1.29 is 0 Å². The molecule has 0 radical (unpaired) electrons. The standard InChI is InChI=1S/C14H13ClN4/c1-11(2)7-8-19(18-13(9-16)10-17)14-5-3-12(15)4-6-14/h3-7H,8H2,1-2H3. The van der Waals surface area contributed by atoms with Gasteiger partial charge in [0.05, 0.1) is 12.2 Å². The van der Waals surface area contributed by atoms with E-state index < -0.39 is 0 Å². The molecule has 1 aromatic rings. The highest BCUT2D eigenvalue weighted by Gasteiger charge is 2.06. The van der Waals surface area contributed by atoms with Crippen LogP contribution in [0.15, 0.2) is 41.0 Å². The molecule has 0 N–H and O–H groups in total. The summed E-state index contributed by atoms with van der Waals surface area (Å²) in [6, 6.07) is 10.6. The Balaban J connectivity index is 3.09. The summed E-state index contributed by atoms with van der Waals surface area (Å²) in [5, 5.41) is 23.8. The maximum atomic E-state index is 8.78. The fraction of sp³-hybridized carbons (Fsp3) is 0.214. The predicted molar refractivity (Wildman–Crippen MR) is 76.9 cm³/mol. The Hall–Kier alpha value is -2.30. The third kappa shape index (κ3) is 4.83. The smallest absolute Gasteiger partial charge is 0.237 e. The van der Waals surface area contributed by atoms with Gasteiger partial charge in [0.15, 0.2) is 0 Å². The number of halogens is 1. The van der Waals surface area contributed by atoms with Gasteiger partial charge in [0.1, 0.15) is 12.1 Å². The predicted octanol–water partition coefficient (Wildman–Crippen LogP) is 3.52. The van der Waals surface area contributed by atoms with E-state index in [9.17, 15) is 0 Å². The van der Waals surface area contributed by atoms with Crippen LogP contribution in [0.25, 0.3) is 0 Å². The van der Waals surface area contributed by atoms with Crippen molar-refractivity contribution in [1.82, 2.24) is 0 Å². The average Bonchev–Trinajstić information content (AvgIpc) is 2.40. The molecule has 0 aromatic heterocycles. The van der Waals surface area contributed by atoms with Gasteiger partial charge < -0.3 is 0 Å². The van der Waals surface area contributed by atoms with Crippen molar-refractivity contribution in [2.45, 2.75) is 13.8 Å². The second kappa shape index (κ2) is 7.20. The lowest BCUT2D eigenvalue weighted by Crippen LogP contribution is -2.18. The first-order valence-corrected chi connectivity index (χ1v) is 6.00. The Morgan fingerprint density at radius 2 is 1.84 bits per heavy atom. The van der Waals surface area contributed by atoms with Gasteiger partial charge in [-0.05, 0) is 38.1 Å². The maximum Gasteiger partial charge on any atom is 0.237 e. The van der Waals surface area contributed by atoms with E-state index in [1.807, 2.05) is 19.9 Å². The number of anilines is 1. The lowest BCUT2D eigenvalue weighted by Gasteiger charge is -2.17. The van der Waals surface area contributed by atoms with E-state index in [4.69, 9.17) is 22.1 Å². The number of hydrazone groups is 1. The molecule has 0 atom stereocenters. The van der Waals surface area contributed by atoms with Gasteiger partial charge in [-0.1, -0.05) is 23.3 Å². The minimum Gasteiger partial charge on any atom is -0.260 e. The summed E-state index contributed by atoms with van der Waals surface area (Å²) in [4.78, 5) is 0. The monoisotopic (exact) mass is 272 g/mol. The van der Waals surface area contributed by atoms with E-state index >= 15 is 0 Å². The van der Waals surface area contributed by atoms with Gasteiger partial charge in [0.25, 0.3) is 0 Å². The third-order valence-electron chi connectivity index (χ3n) is 2.23. The number of benzene rings is 1. The first-order chi connectivity index (χ1) is 9.06. The topological polar surface area (TPSA) is 63.2 Å². The molecular weight excluding hydrogens is 260 g/mol. The first kappa shape index (κ1) is 14.8. The Kier molecular flexibility index (Phi) is 5.60. The molecule has 0 fully saturated rings. The normalized spacial score (nSPS) is 8.89. The third-order valence-corrected chi connectivity index (χ3v) is 2.48. The van der Waals surface area contributed by atoms with E-state index in [0.29, 0.717) is 11.6 Å². The number of nitriles is 2. The largest absolute Gasteiger partial charge is 0.260 e. The molecule has 1 aromatic carbocycles. The highest BCUT2D eigenvalue weighted by Crippen LogP contribution is 2.18. The second-order valence-electron chi connectivity index (χ2n) is 4.01. The number of allylic oxidation sites excluding steroid dienone is 1. The van der Waals surface area contributed by atoms with Crippen molar-refractivity contribution in [2.24, 2.45) is 5.10 Å². The minimum atomic E-state index is -0.183. The highest BCUT2D eigenvalue weighted by molar-refractivity contribution is 6.30. The number of rotatable bonds is 4. The summed E-state index contributed by atoms with van der Waals surface area (Å²) in [6.07, 6.45) is 1.96.